The molecule has 24 heavy (non-hydrogen) atoms. The Labute approximate surface area is 144 Å². The highest BCUT2D eigenvalue weighted by atomic mass is 32.1. The van der Waals surface area contributed by atoms with Crippen LogP contribution in [0.4, 0.5) is 0 Å². The Bertz CT molecular complexity index is 826. The lowest BCUT2D eigenvalue weighted by atomic mass is 10.1. The van der Waals surface area contributed by atoms with Crippen LogP contribution in [0.1, 0.15) is 22.2 Å². The molecule has 1 atom stereocenters. The molecule has 1 aliphatic rings. The third-order valence-electron chi connectivity index (χ3n) is 4.13. The SMILES string of the molecule is O=C1NC[C@H](NCCc2ccccc2)n2nc(-c3cccs3)cc21. The first-order valence-electron chi connectivity index (χ1n) is 8.00. The van der Waals surface area contributed by atoms with E-state index in [1.54, 1.807) is 11.3 Å². The summed E-state index contributed by atoms with van der Waals surface area (Å²) in [6.45, 7) is 1.38. The molecule has 0 radical (unpaired) electrons. The monoisotopic (exact) mass is 338 g/mol. The summed E-state index contributed by atoms with van der Waals surface area (Å²) >= 11 is 1.63. The summed E-state index contributed by atoms with van der Waals surface area (Å²) in [5.41, 5.74) is 2.76. The number of fused-ring (bicyclic) bond motifs is 1. The van der Waals surface area contributed by atoms with Gasteiger partial charge in [0.15, 0.2) is 0 Å². The fraction of sp³-hybridized carbons (Fsp3) is 0.222. The van der Waals surface area contributed by atoms with Crippen LogP contribution in [-0.2, 0) is 6.42 Å². The second-order valence-corrected chi connectivity index (χ2v) is 6.70. The van der Waals surface area contributed by atoms with E-state index in [1.165, 1.54) is 5.56 Å². The van der Waals surface area contributed by atoms with Gasteiger partial charge in [0, 0.05) is 6.54 Å². The van der Waals surface area contributed by atoms with Crippen molar-refractivity contribution in [1.29, 1.82) is 0 Å². The first-order valence-corrected chi connectivity index (χ1v) is 8.88. The van der Waals surface area contributed by atoms with Crippen LogP contribution in [0, 0.1) is 0 Å². The Morgan fingerprint density at radius 1 is 1.25 bits per heavy atom. The summed E-state index contributed by atoms with van der Waals surface area (Å²) in [5, 5.41) is 13.1. The van der Waals surface area contributed by atoms with Gasteiger partial charge >= 0.3 is 0 Å². The van der Waals surface area contributed by atoms with Gasteiger partial charge in [-0.05, 0) is 29.5 Å². The molecule has 0 bridgehead atoms. The summed E-state index contributed by atoms with van der Waals surface area (Å²) in [4.78, 5) is 13.2. The van der Waals surface area contributed by atoms with E-state index in [0.29, 0.717) is 12.2 Å². The Balaban J connectivity index is 1.50. The van der Waals surface area contributed by atoms with E-state index in [4.69, 9.17) is 0 Å². The number of carbonyl (C=O) groups is 1. The van der Waals surface area contributed by atoms with Gasteiger partial charge in [-0.2, -0.15) is 5.10 Å². The van der Waals surface area contributed by atoms with Crippen molar-refractivity contribution in [3.05, 3.63) is 65.2 Å². The molecule has 2 N–H and O–H groups in total. The molecule has 0 fully saturated rings. The molecule has 0 unspecified atom stereocenters. The van der Waals surface area contributed by atoms with Crippen LogP contribution >= 0.6 is 11.3 Å². The van der Waals surface area contributed by atoms with Crippen molar-refractivity contribution < 1.29 is 4.79 Å². The quantitative estimate of drug-likeness (QED) is 0.752. The Hall–Kier alpha value is -2.44. The van der Waals surface area contributed by atoms with E-state index < -0.39 is 0 Å². The highest BCUT2D eigenvalue weighted by molar-refractivity contribution is 7.13. The summed E-state index contributed by atoms with van der Waals surface area (Å²) in [6, 6.07) is 16.3. The average molecular weight is 338 g/mol. The van der Waals surface area contributed by atoms with Gasteiger partial charge in [0.05, 0.1) is 11.4 Å². The van der Waals surface area contributed by atoms with Crippen LogP contribution < -0.4 is 10.6 Å². The standard InChI is InChI=1S/C18H18N4OS/c23-18-15-11-14(16-7-4-10-24-16)21-22(15)17(12-20-18)19-9-8-13-5-2-1-3-6-13/h1-7,10-11,17,19H,8-9,12H2,(H,20,23)/t17-/m1/s1. The van der Waals surface area contributed by atoms with Gasteiger partial charge in [0.2, 0.25) is 0 Å². The minimum atomic E-state index is -0.0635. The van der Waals surface area contributed by atoms with Crippen LogP contribution in [0.2, 0.25) is 0 Å². The van der Waals surface area contributed by atoms with Crippen LogP contribution in [0.15, 0.2) is 53.9 Å². The lowest BCUT2D eigenvalue weighted by Crippen LogP contribution is -2.45. The molecule has 2 aromatic heterocycles. The maximum Gasteiger partial charge on any atom is 0.269 e. The molecule has 1 aromatic carbocycles. The normalized spacial score (nSPS) is 16.7. The second-order valence-electron chi connectivity index (χ2n) is 5.75. The average Bonchev–Trinajstić information content (AvgIpc) is 3.27. The second kappa shape index (κ2) is 6.59. The van der Waals surface area contributed by atoms with Gasteiger partial charge in [-0.15, -0.1) is 11.3 Å². The third kappa shape index (κ3) is 2.98. The topological polar surface area (TPSA) is 59.0 Å². The molecule has 0 aliphatic carbocycles. The van der Waals surface area contributed by atoms with Crippen molar-refractivity contribution in [3.8, 4) is 10.6 Å². The largest absolute Gasteiger partial charge is 0.347 e. The highest BCUT2D eigenvalue weighted by Gasteiger charge is 2.27. The van der Waals surface area contributed by atoms with Crippen molar-refractivity contribution in [2.24, 2.45) is 0 Å². The summed E-state index contributed by atoms with van der Waals surface area (Å²) < 4.78 is 1.82. The molecule has 3 aromatic rings. The van der Waals surface area contributed by atoms with Gasteiger partial charge in [-0.3, -0.25) is 10.1 Å². The molecule has 4 rings (SSSR count). The van der Waals surface area contributed by atoms with Crippen LogP contribution in [0.3, 0.4) is 0 Å². The van der Waals surface area contributed by atoms with Crippen molar-refractivity contribution in [3.63, 3.8) is 0 Å². The number of amides is 1. The number of nitrogens with one attached hydrogen (secondary N) is 2. The van der Waals surface area contributed by atoms with Crippen LogP contribution in [0.5, 0.6) is 0 Å². The van der Waals surface area contributed by atoms with E-state index in [-0.39, 0.29) is 12.1 Å². The zero-order chi connectivity index (χ0) is 16.4. The van der Waals surface area contributed by atoms with Crippen molar-refractivity contribution >= 4 is 17.2 Å². The van der Waals surface area contributed by atoms with Crippen LogP contribution in [-0.4, -0.2) is 28.8 Å². The van der Waals surface area contributed by atoms with E-state index in [0.717, 1.165) is 23.5 Å². The molecule has 0 saturated heterocycles. The van der Waals surface area contributed by atoms with E-state index in [1.807, 2.05) is 34.3 Å². The van der Waals surface area contributed by atoms with Crippen LogP contribution in [0.25, 0.3) is 10.6 Å². The molecule has 0 saturated carbocycles. The molecule has 3 heterocycles. The predicted molar refractivity (Wildman–Crippen MR) is 95.1 cm³/mol. The number of thiophene rings is 1. The zero-order valence-corrected chi connectivity index (χ0v) is 13.9. The summed E-state index contributed by atoms with van der Waals surface area (Å²) in [6.07, 6.45) is 0.926. The minimum absolute atomic E-state index is 0.0184. The van der Waals surface area contributed by atoms with Gasteiger partial charge in [-0.1, -0.05) is 36.4 Å². The summed E-state index contributed by atoms with van der Waals surface area (Å²) in [5.74, 6) is -0.0635. The molecule has 5 nitrogen and oxygen atoms in total. The summed E-state index contributed by atoms with van der Waals surface area (Å²) in [7, 11) is 0. The first kappa shape index (κ1) is 15.1. The number of benzene rings is 1. The fourth-order valence-corrected chi connectivity index (χ4v) is 3.58. The van der Waals surface area contributed by atoms with Crippen molar-refractivity contribution in [1.82, 2.24) is 20.4 Å². The lowest BCUT2D eigenvalue weighted by molar-refractivity contribution is 0.0901. The number of nitrogens with zero attached hydrogens (tertiary/aromatic N) is 2. The maximum absolute atomic E-state index is 12.1. The number of rotatable bonds is 5. The Kier molecular flexibility index (Phi) is 4.15. The molecular formula is C18H18N4OS. The fourth-order valence-electron chi connectivity index (χ4n) is 2.90. The maximum atomic E-state index is 12.1. The zero-order valence-electron chi connectivity index (χ0n) is 13.1. The predicted octanol–water partition coefficient (Wildman–Crippen LogP) is 2.69. The minimum Gasteiger partial charge on any atom is -0.347 e. The smallest absolute Gasteiger partial charge is 0.269 e. The van der Waals surface area contributed by atoms with E-state index in [2.05, 4.69) is 40.0 Å². The van der Waals surface area contributed by atoms with Gasteiger partial charge < -0.3 is 5.32 Å². The number of carbonyl (C=O) groups excluding carboxylic acids is 1. The first-order chi connectivity index (χ1) is 11.8. The molecule has 6 heteroatoms. The molecule has 122 valence electrons. The number of aromatic nitrogens is 2. The van der Waals surface area contributed by atoms with Gasteiger partial charge in [0.1, 0.15) is 17.6 Å². The van der Waals surface area contributed by atoms with Crippen molar-refractivity contribution in [2.45, 2.75) is 12.6 Å². The van der Waals surface area contributed by atoms with E-state index >= 15 is 0 Å². The molecule has 1 aliphatic heterocycles. The lowest BCUT2D eigenvalue weighted by Gasteiger charge is -2.25. The number of hydrogen-bond acceptors (Lipinski definition) is 4. The highest BCUT2D eigenvalue weighted by Crippen LogP contribution is 2.26. The van der Waals surface area contributed by atoms with Gasteiger partial charge in [-0.25, -0.2) is 4.68 Å². The molecule has 0 spiro atoms. The number of hydrogen-bond donors (Lipinski definition) is 2. The Morgan fingerprint density at radius 3 is 2.92 bits per heavy atom. The Morgan fingerprint density at radius 2 is 2.12 bits per heavy atom. The molecule has 1 amide bonds. The van der Waals surface area contributed by atoms with E-state index in [9.17, 15) is 4.79 Å². The van der Waals surface area contributed by atoms with Crippen molar-refractivity contribution in [2.75, 3.05) is 13.1 Å². The third-order valence-corrected chi connectivity index (χ3v) is 5.02. The molecular weight excluding hydrogens is 320 g/mol. The van der Waals surface area contributed by atoms with Gasteiger partial charge in [0.25, 0.3) is 5.91 Å².